The Morgan fingerprint density at radius 3 is 2.72 bits per heavy atom. The van der Waals surface area contributed by atoms with E-state index in [0.29, 0.717) is 5.39 Å². The van der Waals surface area contributed by atoms with Crippen LogP contribution in [0.1, 0.15) is 0 Å². The Morgan fingerprint density at radius 2 is 1.78 bits per heavy atom. The number of hydrogen-bond donors (Lipinski definition) is 2. The number of anilines is 2. The van der Waals surface area contributed by atoms with E-state index in [9.17, 15) is 4.79 Å². The van der Waals surface area contributed by atoms with Gasteiger partial charge in [-0.1, -0.05) is 24.3 Å². The molecule has 0 atom stereocenters. The number of para-hydroxylation sites is 1. The molecule has 0 aliphatic carbocycles. The highest BCUT2D eigenvalue weighted by Crippen LogP contribution is 2.40. The zero-order chi connectivity index (χ0) is 12.1. The molecule has 4 heteroatoms. The summed E-state index contributed by atoms with van der Waals surface area (Å²) in [6, 6.07) is 13.6. The summed E-state index contributed by atoms with van der Waals surface area (Å²) in [4.78, 5) is 11.8. The number of nitrogens with one attached hydrogen (secondary N) is 2. The highest BCUT2D eigenvalue weighted by Gasteiger charge is 2.19. The minimum atomic E-state index is -0.156. The van der Waals surface area contributed by atoms with Crippen LogP contribution in [0.25, 0.3) is 22.0 Å². The van der Waals surface area contributed by atoms with Gasteiger partial charge in [-0.25, -0.2) is 5.10 Å². The van der Waals surface area contributed by atoms with Gasteiger partial charge in [-0.15, -0.1) is 0 Å². The Kier molecular flexibility index (Phi) is 1.67. The van der Waals surface area contributed by atoms with Crippen molar-refractivity contribution in [1.29, 1.82) is 0 Å². The van der Waals surface area contributed by atoms with Gasteiger partial charge in [0.2, 0.25) is 0 Å². The van der Waals surface area contributed by atoms with E-state index in [2.05, 4.69) is 15.5 Å². The number of benzene rings is 2. The largest absolute Gasteiger partial charge is 0.354 e. The Balaban J connectivity index is 2.25. The van der Waals surface area contributed by atoms with Crippen molar-refractivity contribution in [2.24, 2.45) is 0 Å². The van der Waals surface area contributed by atoms with Crippen molar-refractivity contribution >= 4 is 22.1 Å². The van der Waals surface area contributed by atoms with Crippen LogP contribution in [0, 0.1) is 0 Å². The molecule has 4 rings (SSSR count). The lowest BCUT2D eigenvalue weighted by atomic mass is 9.98. The molecule has 0 spiro atoms. The van der Waals surface area contributed by atoms with Gasteiger partial charge < -0.3 is 5.32 Å². The molecule has 0 bridgehead atoms. The van der Waals surface area contributed by atoms with Crippen LogP contribution < -0.4 is 10.9 Å². The summed E-state index contributed by atoms with van der Waals surface area (Å²) < 4.78 is 0. The number of aromatic amines is 1. The van der Waals surface area contributed by atoms with Crippen molar-refractivity contribution in [2.75, 3.05) is 5.32 Å². The van der Waals surface area contributed by atoms with E-state index in [4.69, 9.17) is 0 Å². The van der Waals surface area contributed by atoms with Gasteiger partial charge in [0.25, 0.3) is 5.56 Å². The number of rotatable bonds is 0. The monoisotopic (exact) mass is 235 g/mol. The minimum absolute atomic E-state index is 0.156. The second-order valence-electron chi connectivity index (χ2n) is 4.30. The van der Waals surface area contributed by atoms with E-state index >= 15 is 0 Å². The molecule has 0 fully saturated rings. The molecular formula is C14H9N3O. The first-order valence-electron chi connectivity index (χ1n) is 5.72. The summed E-state index contributed by atoms with van der Waals surface area (Å²) >= 11 is 0. The average Bonchev–Trinajstić information content (AvgIpc) is 2.42. The standard InChI is InChI=1S/C14H9N3O/c18-14-9-5-3-7-11-12(9)13(16-17-14)8-4-1-2-6-10(8)15-11/h1-7,15H,(H,17,18). The normalized spacial score (nSPS) is 12.0. The van der Waals surface area contributed by atoms with Crippen molar-refractivity contribution in [3.8, 4) is 11.3 Å². The van der Waals surface area contributed by atoms with Crippen molar-refractivity contribution in [1.82, 2.24) is 10.2 Å². The topological polar surface area (TPSA) is 57.8 Å². The highest BCUT2D eigenvalue weighted by molar-refractivity contribution is 6.09. The molecule has 2 N–H and O–H groups in total. The molecule has 2 heterocycles. The molecule has 0 radical (unpaired) electrons. The van der Waals surface area contributed by atoms with Gasteiger partial charge in [-0.3, -0.25) is 4.79 Å². The molecular weight excluding hydrogens is 226 g/mol. The fraction of sp³-hybridized carbons (Fsp3) is 0. The van der Waals surface area contributed by atoms with E-state index in [1.807, 2.05) is 42.5 Å². The molecule has 3 aromatic rings. The van der Waals surface area contributed by atoms with Gasteiger partial charge in [0.1, 0.15) is 5.69 Å². The fourth-order valence-electron chi connectivity index (χ4n) is 2.46. The summed E-state index contributed by atoms with van der Waals surface area (Å²) in [5.41, 5.74) is 3.63. The van der Waals surface area contributed by atoms with Gasteiger partial charge in [-0.05, 0) is 18.2 Å². The van der Waals surface area contributed by atoms with Crippen LogP contribution in [0.4, 0.5) is 11.4 Å². The maximum absolute atomic E-state index is 11.8. The average molecular weight is 235 g/mol. The molecule has 0 unspecified atom stereocenters. The Hall–Kier alpha value is -2.62. The number of fused-ring (bicyclic) bond motifs is 2. The van der Waals surface area contributed by atoms with Gasteiger partial charge in [0.15, 0.2) is 0 Å². The minimum Gasteiger partial charge on any atom is -0.354 e. The molecule has 1 aliphatic rings. The summed E-state index contributed by atoms with van der Waals surface area (Å²) in [5.74, 6) is 0. The zero-order valence-corrected chi connectivity index (χ0v) is 9.40. The van der Waals surface area contributed by atoms with Crippen molar-refractivity contribution < 1.29 is 0 Å². The third-order valence-electron chi connectivity index (χ3n) is 3.27. The summed E-state index contributed by atoms with van der Waals surface area (Å²) in [7, 11) is 0. The maximum atomic E-state index is 11.8. The first kappa shape index (κ1) is 9.41. The molecule has 1 aliphatic heterocycles. The molecule has 4 nitrogen and oxygen atoms in total. The second kappa shape index (κ2) is 3.20. The number of hydrogen-bond acceptors (Lipinski definition) is 3. The van der Waals surface area contributed by atoms with Crippen molar-refractivity contribution in [3.05, 3.63) is 52.8 Å². The molecule has 0 saturated heterocycles. The van der Waals surface area contributed by atoms with Gasteiger partial charge in [-0.2, -0.15) is 5.10 Å². The first-order chi connectivity index (χ1) is 8.84. The van der Waals surface area contributed by atoms with E-state index in [0.717, 1.165) is 28.0 Å². The van der Waals surface area contributed by atoms with Crippen LogP contribution in [0.3, 0.4) is 0 Å². The molecule has 2 aromatic carbocycles. The number of H-pyrrole nitrogens is 1. The number of aromatic nitrogens is 2. The Bertz CT molecular complexity index is 836. The molecule has 18 heavy (non-hydrogen) atoms. The van der Waals surface area contributed by atoms with E-state index in [1.54, 1.807) is 0 Å². The van der Waals surface area contributed by atoms with Crippen LogP contribution in [0.2, 0.25) is 0 Å². The number of nitrogens with zero attached hydrogens (tertiary/aromatic N) is 1. The second-order valence-corrected chi connectivity index (χ2v) is 4.30. The molecule has 1 aromatic heterocycles. The highest BCUT2D eigenvalue weighted by atomic mass is 16.1. The quantitative estimate of drug-likeness (QED) is 0.492. The fourth-order valence-corrected chi connectivity index (χ4v) is 2.46. The van der Waals surface area contributed by atoms with Gasteiger partial charge >= 0.3 is 0 Å². The Labute approximate surface area is 102 Å². The predicted molar refractivity (Wildman–Crippen MR) is 71.1 cm³/mol. The molecule has 0 saturated carbocycles. The smallest absolute Gasteiger partial charge is 0.272 e. The molecule has 0 amide bonds. The maximum Gasteiger partial charge on any atom is 0.272 e. The van der Waals surface area contributed by atoms with Crippen LogP contribution >= 0.6 is 0 Å². The third-order valence-corrected chi connectivity index (χ3v) is 3.27. The molecule has 86 valence electrons. The summed E-state index contributed by atoms with van der Waals surface area (Å²) in [6.45, 7) is 0. The third kappa shape index (κ3) is 1.09. The van der Waals surface area contributed by atoms with E-state index < -0.39 is 0 Å². The van der Waals surface area contributed by atoms with Crippen molar-refractivity contribution in [3.63, 3.8) is 0 Å². The lowest BCUT2D eigenvalue weighted by Crippen LogP contribution is -2.13. The predicted octanol–water partition coefficient (Wildman–Crippen LogP) is 2.65. The first-order valence-corrected chi connectivity index (χ1v) is 5.72. The van der Waals surface area contributed by atoms with Crippen LogP contribution in [0.5, 0.6) is 0 Å². The lowest BCUT2D eigenvalue weighted by Gasteiger charge is -2.20. The van der Waals surface area contributed by atoms with Crippen molar-refractivity contribution in [2.45, 2.75) is 0 Å². The van der Waals surface area contributed by atoms with Crippen LogP contribution in [-0.2, 0) is 0 Å². The van der Waals surface area contributed by atoms with Gasteiger partial charge in [0, 0.05) is 22.3 Å². The van der Waals surface area contributed by atoms with Gasteiger partial charge in [0.05, 0.1) is 5.39 Å². The Morgan fingerprint density at radius 1 is 0.944 bits per heavy atom. The lowest BCUT2D eigenvalue weighted by molar-refractivity contribution is 1.02. The zero-order valence-electron chi connectivity index (χ0n) is 9.40. The summed E-state index contributed by atoms with van der Waals surface area (Å²) in [5, 5.41) is 11.7. The summed E-state index contributed by atoms with van der Waals surface area (Å²) in [6.07, 6.45) is 0. The van der Waals surface area contributed by atoms with Crippen LogP contribution in [0.15, 0.2) is 47.3 Å². The SMILES string of the molecule is O=c1[nH]nc2c3c(cccc13)Nc1ccccc1-2. The van der Waals surface area contributed by atoms with Crippen LogP contribution in [-0.4, -0.2) is 10.2 Å². The van der Waals surface area contributed by atoms with E-state index in [-0.39, 0.29) is 5.56 Å². The van der Waals surface area contributed by atoms with E-state index in [1.165, 1.54) is 0 Å².